The van der Waals surface area contributed by atoms with Crippen LogP contribution in [0.15, 0.2) is 46.5 Å². The molecule has 2 rings (SSSR count). The van der Waals surface area contributed by atoms with Crippen LogP contribution >= 0.6 is 11.6 Å². The van der Waals surface area contributed by atoms with Crippen LogP contribution in [0.3, 0.4) is 0 Å². The van der Waals surface area contributed by atoms with E-state index in [1.54, 1.807) is 6.92 Å². The number of sulfonamides is 1. The summed E-state index contributed by atoms with van der Waals surface area (Å²) in [6.45, 7) is 5.30. The molecule has 0 saturated carbocycles. The summed E-state index contributed by atoms with van der Waals surface area (Å²) in [7, 11) is -3.50. The van der Waals surface area contributed by atoms with Gasteiger partial charge < -0.3 is 4.52 Å². The van der Waals surface area contributed by atoms with Gasteiger partial charge in [-0.3, -0.25) is 0 Å². The molecule has 0 radical (unpaired) electrons. The molecule has 8 heteroatoms. The molecule has 22 heavy (non-hydrogen) atoms. The summed E-state index contributed by atoms with van der Waals surface area (Å²) in [6.07, 6.45) is 0. The van der Waals surface area contributed by atoms with Crippen molar-refractivity contribution in [1.82, 2.24) is 14.9 Å². The molecule has 0 fully saturated rings. The van der Waals surface area contributed by atoms with Crippen LogP contribution in [0.4, 0.5) is 0 Å². The van der Waals surface area contributed by atoms with E-state index in [9.17, 15) is 8.42 Å². The SMILES string of the molecule is C=C(Cl)CS(=O)(=O)NCC(C)c1nc(-c2ccccc2)no1. The van der Waals surface area contributed by atoms with Crippen molar-refractivity contribution in [2.24, 2.45) is 0 Å². The molecule has 2 aromatic rings. The lowest BCUT2D eigenvalue weighted by Crippen LogP contribution is -2.30. The van der Waals surface area contributed by atoms with Crippen LogP contribution in [-0.2, 0) is 10.0 Å². The summed E-state index contributed by atoms with van der Waals surface area (Å²) >= 11 is 5.51. The van der Waals surface area contributed by atoms with E-state index in [0.717, 1.165) is 5.56 Å². The molecule has 0 bridgehead atoms. The third-order valence-corrected chi connectivity index (χ3v) is 4.48. The van der Waals surface area contributed by atoms with Crippen molar-refractivity contribution < 1.29 is 12.9 Å². The molecule has 0 aliphatic carbocycles. The molecule has 0 amide bonds. The Bertz CT molecular complexity index is 744. The van der Waals surface area contributed by atoms with Gasteiger partial charge in [0.1, 0.15) is 0 Å². The Kier molecular flexibility index (Phi) is 5.33. The molecule has 1 atom stereocenters. The fourth-order valence-corrected chi connectivity index (χ4v) is 3.19. The smallest absolute Gasteiger partial charge is 0.231 e. The lowest BCUT2D eigenvalue weighted by molar-refractivity contribution is 0.359. The van der Waals surface area contributed by atoms with E-state index in [1.807, 2.05) is 30.3 Å². The van der Waals surface area contributed by atoms with Crippen molar-refractivity contribution >= 4 is 21.6 Å². The maximum atomic E-state index is 11.7. The van der Waals surface area contributed by atoms with Crippen molar-refractivity contribution in [2.75, 3.05) is 12.3 Å². The molecule has 0 aliphatic rings. The number of hydrogen-bond donors (Lipinski definition) is 1. The van der Waals surface area contributed by atoms with E-state index >= 15 is 0 Å². The molecule has 1 heterocycles. The standard InChI is InChI=1S/C14H16ClN3O3S/c1-10(8-16-22(19,20)9-11(2)15)14-17-13(18-21-14)12-6-4-3-5-7-12/h3-7,10,16H,2,8-9H2,1H3. The minimum absolute atomic E-state index is 0.0595. The number of rotatable bonds is 7. The highest BCUT2D eigenvalue weighted by molar-refractivity contribution is 7.89. The van der Waals surface area contributed by atoms with Gasteiger partial charge >= 0.3 is 0 Å². The van der Waals surface area contributed by atoms with Crippen LogP contribution in [0.1, 0.15) is 18.7 Å². The summed E-state index contributed by atoms with van der Waals surface area (Å²) in [5.74, 6) is 0.259. The molecule has 118 valence electrons. The predicted molar refractivity (Wildman–Crippen MR) is 84.9 cm³/mol. The first-order valence-electron chi connectivity index (χ1n) is 6.57. The quantitative estimate of drug-likeness (QED) is 0.836. The fraction of sp³-hybridized carbons (Fsp3) is 0.286. The number of aromatic nitrogens is 2. The molecule has 1 N–H and O–H groups in total. The number of nitrogens with zero attached hydrogens (tertiary/aromatic N) is 2. The van der Waals surface area contributed by atoms with Gasteiger partial charge in [-0.25, -0.2) is 13.1 Å². The Hall–Kier alpha value is -1.70. The highest BCUT2D eigenvalue weighted by atomic mass is 35.5. The van der Waals surface area contributed by atoms with Crippen LogP contribution in [-0.4, -0.2) is 30.9 Å². The average molecular weight is 342 g/mol. The molecule has 1 unspecified atom stereocenters. The van der Waals surface area contributed by atoms with Crippen molar-refractivity contribution in [3.05, 3.63) is 47.8 Å². The van der Waals surface area contributed by atoms with E-state index in [1.165, 1.54) is 0 Å². The topological polar surface area (TPSA) is 85.1 Å². The average Bonchev–Trinajstić information content (AvgIpc) is 2.94. The Morgan fingerprint density at radius 1 is 1.41 bits per heavy atom. The van der Waals surface area contributed by atoms with Crippen molar-refractivity contribution in [1.29, 1.82) is 0 Å². The van der Waals surface area contributed by atoms with Crippen LogP contribution in [0.2, 0.25) is 0 Å². The number of nitrogens with one attached hydrogen (secondary N) is 1. The van der Waals surface area contributed by atoms with E-state index in [2.05, 4.69) is 21.4 Å². The van der Waals surface area contributed by atoms with Gasteiger partial charge in [-0.1, -0.05) is 60.6 Å². The minimum atomic E-state index is -3.50. The largest absolute Gasteiger partial charge is 0.339 e. The number of halogens is 1. The highest BCUT2D eigenvalue weighted by Gasteiger charge is 2.18. The Morgan fingerprint density at radius 2 is 2.09 bits per heavy atom. The molecule has 6 nitrogen and oxygen atoms in total. The molecule has 1 aromatic heterocycles. The van der Waals surface area contributed by atoms with Gasteiger partial charge in [0.15, 0.2) is 0 Å². The molecule has 1 aromatic carbocycles. The van der Waals surface area contributed by atoms with Gasteiger partial charge in [-0.2, -0.15) is 4.98 Å². The molecule has 0 saturated heterocycles. The fourth-order valence-electron chi connectivity index (χ4n) is 1.74. The first kappa shape index (κ1) is 16.7. The third kappa shape index (κ3) is 4.66. The lowest BCUT2D eigenvalue weighted by Gasteiger charge is -2.08. The zero-order valence-electron chi connectivity index (χ0n) is 12.0. The number of benzene rings is 1. The molecular weight excluding hydrogens is 326 g/mol. The Balaban J connectivity index is 2.01. The van der Waals surface area contributed by atoms with Crippen molar-refractivity contribution in [3.63, 3.8) is 0 Å². The van der Waals surface area contributed by atoms with Gasteiger partial charge in [0.05, 0.1) is 5.75 Å². The summed E-state index contributed by atoms with van der Waals surface area (Å²) in [4.78, 5) is 4.29. The van der Waals surface area contributed by atoms with E-state index in [-0.39, 0.29) is 23.2 Å². The van der Waals surface area contributed by atoms with E-state index in [4.69, 9.17) is 16.1 Å². The second-order valence-corrected chi connectivity index (χ2v) is 7.19. The van der Waals surface area contributed by atoms with Crippen LogP contribution in [0.25, 0.3) is 11.4 Å². The second kappa shape index (κ2) is 7.04. The number of hydrogen-bond acceptors (Lipinski definition) is 5. The third-order valence-electron chi connectivity index (χ3n) is 2.85. The monoisotopic (exact) mass is 341 g/mol. The van der Waals surface area contributed by atoms with Gasteiger partial charge in [-0.05, 0) is 0 Å². The first-order valence-corrected chi connectivity index (χ1v) is 8.60. The second-order valence-electron chi connectivity index (χ2n) is 4.85. The van der Waals surface area contributed by atoms with Gasteiger partial charge in [0, 0.05) is 23.1 Å². The lowest BCUT2D eigenvalue weighted by atomic mass is 10.2. The molecule has 0 aliphatic heterocycles. The van der Waals surface area contributed by atoms with Crippen LogP contribution < -0.4 is 4.72 Å². The Morgan fingerprint density at radius 3 is 2.73 bits per heavy atom. The minimum Gasteiger partial charge on any atom is -0.339 e. The zero-order valence-corrected chi connectivity index (χ0v) is 13.6. The van der Waals surface area contributed by atoms with E-state index < -0.39 is 10.0 Å². The van der Waals surface area contributed by atoms with Crippen LogP contribution in [0, 0.1) is 0 Å². The summed E-state index contributed by atoms with van der Waals surface area (Å²) in [5, 5.41) is 3.96. The first-order chi connectivity index (χ1) is 10.4. The normalized spacial score (nSPS) is 13.0. The molecular formula is C14H16ClN3O3S. The van der Waals surface area contributed by atoms with Gasteiger partial charge in [-0.15, -0.1) is 0 Å². The van der Waals surface area contributed by atoms with Gasteiger partial charge in [0.25, 0.3) is 0 Å². The molecule has 0 spiro atoms. The Labute approximate surface area is 134 Å². The maximum Gasteiger partial charge on any atom is 0.231 e. The van der Waals surface area contributed by atoms with Crippen LogP contribution in [0.5, 0.6) is 0 Å². The summed E-state index contributed by atoms with van der Waals surface area (Å²) in [6, 6.07) is 9.39. The van der Waals surface area contributed by atoms with Gasteiger partial charge in [0.2, 0.25) is 21.7 Å². The van der Waals surface area contributed by atoms with Crippen molar-refractivity contribution in [3.8, 4) is 11.4 Å². The summed E-state index contributed by atoms with van der Waals surface area (Å²) in [5.41, 5.74) is 0.837. The predicted octanol–water partition coefficient (Wildman–Crippen LogP) is 2.51. The zero-order chi connectivity index (χ0) is 16.2. The van der Waals surface area contributed by atoms with E-state index in [0.29, 0.717) is 11.7 Å². The highest BCUT2D eigenvalue weighted by Crippen LogP contribution is 2.19. The summed E-state index contributed by atoms with van der Waals surface area (Å²) < 4.78 is 31.0. The maximum absolute atomic E-state index is 11.7. The van der Waals surface area contributed by atoms with Crippen molar-refractivity contribution in [2.45, 2.75) is 12.8 Å².